The largest absolute Gasteiger partial charge is 0.326 e. The quantitative estimate of drug-likeness (QED) is 0.391. The molecule has 4 heteroatoms. The highest BCUT2D eigenvalue weighted by Gasteiger charge is 2.12. The van der Waals surface area contributed by atoms with Gasteiger partial charge in [0.2, 0.25) is 5.91 Å². The van der Waals surface area contributed by atoms with Crippen LogP contribution in [0.4, 0.5) is 5.69 Å². The fourth-order valence-corrected chi connectivity index (χ4v) is 4.39. The third-order valence-corrected chi connectivity index (χ3v) is 6.46. The maximum atomic E-state index is 12.4. The third kappa shape index (κ3) is 6.69. The Morgan fingerprint density at radius 3 is 2.03 bits per heavy atom. The van der Waals surface area contributed by atoms with E-state index in [2.05, 4.69) is 34.9 Å². The molecule has 0 saturated heterocycles. The van der Waals surface area contributed by atoms with E-state index in [1.54, 1.807) is 0 Å². The molecule has 3 nitrogen and oxygen atoms in total. The molecule has 1 aliphatic rings. The average molecular weight is 447 g/mol. The van der Waals surface area contributed by atoms with Crippen LogP contribution in [0, 0.1) is 0 Å². The van der Waals surface area contributed by atoms with Crippen molar-refractivity contribution in [3.05, 3.63) is 88.9 Å². The van der Waals surface area contributed by atoms with Gasteiger partial charge in [-0.05, 0) is 65.8 Å². The fraction of sp³-hybridized carbons (Fsp3) is 0.321. The maximum Gasteiger partial charge on any atom is 0.224 e. The van der Waals surface area contributed by atoms with Crippen molar-refractivity contribution in [1.29, 1.82) is 0 Å². The van der Waals surface area contributed by atoms with Crippen LogP contribution in [0.1, 0.15) is 49.7 Å². The van der Waals surface area contributed by atoms with Crippen LogP contribution in [-0.2, 0) is 17.8 Å². The summed E-state index contributed by atoms with van der Waals surface area (Å²) in [4.78, 5) is 12.4. The van der Waals surface area contributed by atoms with Crippen molar-refractivity contribution < 1.29 is 4.79 Å². The van der Waals surface area contributed by atoms with Gasteiger partial charge >= 0.3 is 0 Å². The second kappa shape index (κ2) is 11.3. The van der Waals surface area contributed by atoms with E-state index in [-0.39, 0.29) is 5.91 Å². The lowest BCUT2D eigenvalue weighted by molar-refractivity contribution is -0.116. The smallest absolute Gasteiger partial charge is 0.224 e. The van der Waals surface area contributed by atoms with Crippen LogP contribution in [0.15, 0.2) is 72.8 Å². The Morgan fingerprint density at radius 2 is 1.38 bits per heavy atom. The Balaban J connectivity index is 1.21. The van der Waals surface area contributed by atoms with E-state index in [9.17, 15) is 4.79 Å². The lowest BCUT2D eigenvalue weighted by Crippen LogP contribution is -2.30. The summed E-state index contributed by atoms with van der Waals surface area (Å²) in [6.07, 6.45) is 7.91. The molecule has 0 radical (unpaired) electrons. The number of amides is 1. The highest BCUT2D eigenvalue weighted by Crippen LogP contribution is 2.23. The molecule has 3 aromatic carbocycles. The minimum absolute atomic E-state index is 0.0345. The summed E-state index contributed by atoms with van der Waals surface area (Å²) in [6.45, 7) is 0.928. The van der Waals surface area contributed by atoms with Crippen molar-refractivity contribution in [2.45, 2.75) is 57.5 Å². The Morgan fingerprint density at radius 1 is 0.781 bits per heavy atom. The molecule has 32 heavy (non-hydrogen) atoms. The van der Waals surface area contributed by atoms with Gasteiger partial charge in [-0.3, -0.25) is 4.79 Å². The van der Waals surface area contributed by atoms with Gasteiger partial charge in [0, 0.05) is 29.7 Å². The van der Waals surface area contributed by atoms with E-state index in [1.807, 2.05) is 48.5 Å². The molecule has 0 aliphatic heterocycles. The van der Waals surface area contributed by atoms with Gasteiger partial charge in [0.25, 0.3) is 0 Å². The van der Waals surface area contributed by atoms with Gasteiger partial charge in [0.15, 0.2) is 0 Å². The molecule has 1 fully saturated rings. The molecule has 0 heterocycles. The molecule has 1 amide bonds. The second-order valence-corrected chi connectivity index (χ2v) is 9.10. The number of benzene rings is 3. The van der Waals surface area contributed by atoms with Gasteiger partial charge in [-0.25, -0.2) is 0 Å². The van der Waals surface area contributed by atoms with Crippen LogP contribution < -0.4 is 10.6 Å². The van der Waals surface area contributed by atoms with Crippen LogP contribution in [-0.4, -0.2) is 11.9 Å². The summed E-state index contributed by atoms with van der Waals surface area (Å²) in [5.41, 5.74) is 5.52. The topological polar surface area (TPSA) is 41.1 Å². The summed E-state index contributed by atoms with van der Waals surface area (Å²) in [7, 11) is 0. The van der Waals surface area contributed by atoms with Gasteiger partial charge in [-0.1, -0.05) is 79.4 Å². The number of halogens is 1. The maximum absolute atomic E-state index is 12.4. The number of hydrogen-bond donors (Lipinski definition) is 2. The molecule has 3 aromatic rings. The number of hydrogen-bond acceptors (Lipinski definition) is 2. The lowest BCUT2D eigenvalue weighted by Gasteiger charge is -2.22. The van der Waals surface area contributed by atoms with Gasteiger partial charge in [0.1, 0.15) is 0 Å². The first-order chi connectivity index (χ1) is 15.7. The molecule has 0 aromatic heterocycles. The Bertz CT molecular complexity index is 991. The highest BCUT2D eigenvalue weighted by molar-refractivity contribution is 6.30. The SMILES string of the molecule is O=C(CCc1ccc(CNC2CCCCC2)cc1)Nc1ccc(-c2ccc(Cl)cc2)cc1. The van der Waals surface area contributed by atoms with E-state index < -0.39 is 0 Å². The summed E-state index contributed by atoms with van der Waals surface area (Å²) in [6, 6.07) is 25.0. The zero-order chi connectivity index (χ0) is 22.2. The van der Waals surface area contributed by atoms with E-state index in [0.29, 0.717) is 12.5 Å². The molecule has 2 N–H and O–H groups in total. The van der Waals surface area contributed by atoms with Crippen molar-refractivity contribution in [3.8, 4) is 11.1 Å². The molecule has 0 bridgehead atoms. The minimum Gasteiger partial charge on any atom is -0.326 e. The van der Waals surface area contributed by atoms with Gasteiger partial charge in [-0.15, -0.1) is 0 Å². The molecular weight excluding hydrogens is 416 g/mol. The predicted octanol–water partition coefficient (Wildman–Crippen LogP) is 7.00. The lowest BCUT2D eigenvalue weighted by atomic mass is 9.95. The number of anilines is 1. The first-order valence-electron chi connectivity index (χ1n) is 11.6. The van der Waals surface area contributed by atoms with Crippen molar-refractivity contribution in [3.63, 3.8) is 0 Å². The van der Waals surface area contributed by atoms with Crippen LogP contribution in [0.3, 0.4) is 0 Å². The molecule has 1 aliphatic carbocycles. The average Bonchev–Trinajstić information content (AvgIpc) is 2.84. The molecular formula is C28H31ClN2O. The predicted molar refractivity (Wildman–Crippen MR) is 134 cm³/mol. The van der Waals surface area contributed by atoms with Crippen LogP contribution in [0.2, 0.25) is 5.02 Å². The van der Waals surface area contributed by atoms with Gasteiger partial charge < -0.3 is 10.6 Å². The van der Waals surface area contributed by atoms with Gasteiger partial charge in [0.05, 0.1) is 0 Å². The number of nitrogens with one attached hydrogen (secondary N) is 2. The number of carbonyl (C=O) groups excluding carboxylic acids is 1. The molecule has 0 unspecified atom stereocenters. The van der Waals surface area contributed by atoms with Crippen LogP contribution in [0.5, 0.6) is 0 Å². The second-order valence-electron chi connectivity index (χ2n) is 8.66. The highest BCUT2D eigenvalue weighted by atomic mass is 35.5. The first-order valence-corrected chi connectivity index (χ1v) is 12.0. The van der Waals surface area contributed by atoms with Crippen molar-refractivity contribution in [1.82, 2.24) is 5.32 Å². The Labute approximate surface area is 196 Å². The zero-order valence-electron chi connectivity index (χ0n) is 18.4. The zero-order valence-corrected chi connectivity index (χ0v) is 19.2. The summed E-state index contributed by atoms with van der Waals surface area (Å²) >= 11 is 5.96. The third-order valence-electron chi connectivity index (χ3n) is 6.21. The Kier molecular flexibility index (Phi) is 7.97. The monoisotopic (exact) mass is 446 g/mol. The van der Waals surface area contributed by atoms with Crippen LogP contribution in [0.25, 0.3) is 11.1 Å². The van der Waals surface area contributed by atoms with E-state index >= 15 is 0 Å². The number of rotatable bonds is 8. The van der Waals surface area contributed by atoms with Crippen molar-refractivity contribution in [2.24, 2.45) is 0 Å². The molecule has 4 rings (SSSR count). The van der Waals surface area contributed by atoms with E-state index in [0.717, 1.165) is 34.8 Å². The number of aryl methyl sites for hydroxylation is 1. The molecule has 0 spiro atoms. The van der Waals surface area contributed by atoms with Gasteiger partial charge in [-0.2, -0.15) is 0 Å². The van der Waals surface area contributed by atoms with E-state index in [4.69, 9.17) is 11.6 Å². The minimum atomic E-state index is 0.0345. The summed E-state index contributed by atoms with van der Waals surface area (Å²) in [5, 5.41) is 7.40. The summed E-state index contributed by atoms with van der Waals surface area (Å²) in [5.74, 6) is 0.0345. The van der Waals surface area contributed by atoms with Crippen LogP contribution >= 0.6 is 11.6 Å². The first kappa shape index (κ1) is 22.6. The van der Waals surface area contributed by atoms with Crippen molar-refractivity contribution in [2.75, 3.05) is 5.32 Å². The van der Waals surface area contributed by atoms with E-state index in [1.165, 1.54) is 43.2 Å². The fourth-order valence-electron chi connectivity index (χ4n) is 4.26. The molecule has 166 valence electrons. The molecule has 1 saturated carbocycles. The van der Waals surface area contributed by atoms with Crippen molar-refractivity contribution >= 4 is 23.2 Å². The molecule has 0 atom stereocenters. The normalized spacial score (nSPS) is 14.3. The standard InChI is InChI=1S/C28H31ClN2O/c29-25-15-11-23(12-16-25)24-13-17-27(18-14-24)31-28(32)19-10-21-6-8-22(9-7-21)20-30-26-4-2-1-3-5-26/h6-9,11-18,26,30H,1-5,10,19-20H2,(H,31,32). The summed E-state index contributed by atoms with van der Waals surface area (Å²) < 4.78 is 0. The Hall–Kier alpha value is -2.62. The number of carbonyl (C=O) groups is 1.